The lowest BCUT2D eigenvalue weighted by Crippen LogP contribution is -2.29. The van der Waals surface area contributed by atoms with Crippen LogP contribution in [0.5, 0.6) is 5.75 Å². The molecule has 0 radical (unpaired) electrons. The summed E-state index contributed by atoms with van der Waals surface area (Å²) in [6.45, 7) is 2.42. The minimum atomic E-state index is -0.0472. The Balaban J connectivity index is 2.31. The van der Waals surface area contributed by atoms with Crippen molar-refractivity contribution in [1.82, 2.24) is 4.90 Å². The van der Waals surface area contributed by atoms with E-state index in [4.69, 9.17) is 10.5 Å². The summed E-state index contributed by atoms with van der Waals surface area (Å²) >= 11 is 0. The number of hydrogen-bond acceptors (Lipinski definition) is 3. The van der Waals surface area contributed by atoms with Crippen LogP contribution in [-0.4, -0.2) is 30.5 Å². The molecule has 1 aliphatic rings. The Kier molecular flexibility index (Phi) is 3.22. The normalized spacial score (nSPS) is 14.5. The number of amides is 1. The van der Waals surface area contributed by atoms with E-state index >= 15 is 0 Å². The summed E-state index contributed by atoms with van der Waals surface area (Å²) in [4.78, 5) is 14.1. The zero-order chi connectivity index (χ0) is 12.4. The van der Waals surface area contributed by atoms with Crippen LogP contribution in [0, 0.1) is 0 Å². The van der Waals surface area contributed by atoms with Crippen molar-refractivity contribution in [3.05, 3.63) is 23.8 Å². The van der Waals surface area contributed by atoms with E-state index in [9.17, 15) is 4.79 Å². The highest BCUT2D eigenvalue weighted by Gasteiger charge is 2.32. The van der Waals surface area contributed by atoms with Crippen molar-refractivity contribution >= 4 is 11.6 Å². The second-order valence-corrected chi connectivity index (χ2v) is 4.30. The molecule has 0 spiro atoms. The number of benzene rings is 1. The van der Waals surface area contributed by atoms with Gasteiger partial charge in [0.15, 0.2) is 0 Å². The minimum absolute atomic E-state index is 0.0472. The number of nitrogens with two attached hydrogens (primary N) is 1. The molecule has 2 N–H and O–H groups in total. The van der Waals surface area contributed by atoms with Gasteiger partial charge in [-0.1, -0.05) is 6.07 Å². The highest BCUT2D eigenvalue weighted by atomic mass is 16.5. The molecule has 0 aliphatic heterocycles. The second kappa shape index (κ2) is 4.65. The smallest absolute Gasteiger partial charge is 0.259 e. The number of ether oxygens (including phenoxy) is 1. The number of carbonyl (C=O) groups is 1. The van der Waals surface area contributed by atoms with Crippen LogP contribution in [0.3, 0.4) is 0 Å². The second-order valence-electron chi connectivity index (χ2n) is 4.30. The summed E-state index contributed by atoms with van der Waals surface area (Å²) < 4.78 is 5.46. The Morgan fingerprint density at radius 2 is 2.24 bits per heavy atom. The van der Waals surface area contributed by atoms with Crippen LogP contribution in [0.4, 0.5) is 5.69 Å². The summed E-state index contributed by atoms with van der Waals surface area (Å²) in [5.41, 5.74) is 6.85. The fourth-order valence-corrected chi connectivity index (χ4v) is 1.86. The van der Waals surface area contributed by atoms with E-state index in [1.165, 1.54) is 0 Å². The summed E-state index contributed by atoms with van der Waals surface area (Å²) in [6.07, 6.45) is 2.16. The highest BCUT2D eigenvalue weighted by Crippen LogP contribution is 2.31. The quantitative estimate of drug-likeness (QED) is 0.809. The largest absolute Gasteiger partial charge is 0.493 e. The Morgan fingerprint density at radius 3 is 2.82 bits per heavy atom. The Bertz CT molecular complexity index is 427. The minimum Gasteiger partial charge on any atom is -0.493 e. The number of rotatable bonds is 4. The molecule has 0 unspecified atom stereocenters. The first-order chi connectivity index (χ1) is 8.15. The number of nitrogen functional groups attached to an aromatic ring is 1. The van der Waals surface area contributed by atoms with Crippen molar-refractivity contribution in [3.63, 3.8) is 0 Å². The molecule has 0 atom stereocenters. The van der Waals surface area contributed by atoms with Crippen LogP contribution in [0.15, 0.2) is 18.2 Å². The Morgan fingerprint density at radius 1 is 1.53 bits per heavy atom. The van der Waals surface area contributed by atoms with Gasteiger partial charge in [-0.25, -0.2) is 0 Å². The predicted octanol–water partition coefficient (Wildman–Crippen LogP) is 1.90. The van der Waals surface area contributed by atoms with Crippen LogP contribution in [-0.2, 0) is 0 Å². The van der Waals surface area contributed by atoms with Gasteiger partial charge in [0.2, 0.25) is 0 Å². The van der Waals surface area contributed by atoms with Crippen LogP contribution in [0.2, 0.25) is 0 Å². The van der Waals surface area contributed by atoms with E-state index < -0.39 is 0 Å². The van der Waals surface area contributed by atoms with Crippen molar-refractivity contribution in [2.75, 3.05) is 19.4 Å². The molecule has 0 aromatic heterocycles. The summed E-state index contributed by atoms with van der Waals surface area (Å²) in [7, 11) is 1.82. The molecule has 0 heterocycles. The van der Waals surface area contributed by atoms with Gasteiger partial charge in [-0.3, -0.25) is 4.79 Å². The lowest BCUT2D eigenvalue weighted by atomic mass is 10.1. The van der Waals surface area contributed by atoms with Crippen molar-refractivity contribution in [2.24, 2.45) is 0 Å². The summed E-state index contributed by atoms with van der Waals surface area (Å²) in [5.74, 6) is 0.527. The predicted molar refractivity (Wildman–Crippen MR) is 67.1 cm³/mol. The molecule has 4 heteroatoms. The van der Waals surface area contributed by atoms with Gasteiger partial charge in [0.25, 0.3) is 5.91 Å². The SMILES string of the molecule is CCOc1cccc(N)c1C(=O)N(C)C1CC1. The van der Waals surface area contributed by atoms with Gasteiger partial charge in [-0.15, -0.1) is 0 Å². The molecule has 0 saturated heterocycles. The topological polar surface area (TPSA) is 55.6 Å². The molecule has 1 amide bonds. The Hall–Kier alpha value is -1.71. The maximum Gasteiger partial charge on any atom is 0.259 e. The number of anilines is 1. The van der Waals surface area contributed by atoms with Gasteiger partial charge >= 0.3 is 0 Å². The van der Waals surface area contributed by atoms with Gasteiger partial charge in [0.05, 0.1) is 6.61 Å². The van der Waals surface area contributed by atoms with E-state index in [-0.39, 0.29) is 5.91 Å². The van der Waals surface area contributed by atoms with Crippen LogP contribution in [0.1, 0.15) is 30.1 Å². The molecule has 1 fully saturated rings. The monoisotopic (exact) mass is 234 g/mol. The zero-order valence-corrected chi connectivity index (χ0v) is 10.3. The molecule has 2 rings (SSSR count). The van der Waals surface area contributed by atoms with Crippen LogP contribution < -0.4 is 10.5 Å². The van der Waals surface area contributed by atoms with E-state index in [0.717, 1.165) is 12.8 Å². The van der Waals surface area contributed by atoms with Gasteiger partial charge in [-0.05, 0) is 31.9 Å². The number of hydrogen-bond donors (Lipinski definition) is 1. The van der Waals surface area contributed by atoms with E-state index in [0.29, 0.717) is 29.6 Å². The standard InChI is InChI=1S/C13H18N2O2/c1-3-17-11-6-4-5-10(14)12(11)13(16)15(2)9-7-8-9/h4-6,9H,3,7-8,14H2,1-2H3. The maximum absolute atomic E-state index is 12.3. The maximum atomic E-state index is 12.3. The van der Waals surface area contributed by atoms with Crippen LogP contribution >= 0.6 is 0 Å². The molecule has 1 aromatic carbocycles. The first-order valence-electron chi connectivity index (χ1n) is 5.93. The van der Waals surface area contributed by atoms with E-state index in [1.54, 1.807) is 23.1 Å². The first kappa shape index (κ1) is 11.8. The van der Waals surface area contributed by atoms with Gasteiger partial charge in [0.1, 0.15) is 11.3 Å². The molecule has 1 aliphatic carbocycles. The van der Waals surface area contributed by atoms with Crippen LogP contribution in [0.25, 0.3) is 0 Å². The molecule has 1 aromatic rings. The molecular weight excluding hydrogens is 216 g/mol. The van der Waals surface area contributed by atoms with E-state index in [2.05, 4.69) is 0 Å². The molecule has 17 heavy (non-hydrogen) atoms. The lowest BCUT2D eigenvalue weighted by molar-refractivity contribution is 0.0782. The van der Waals surface area contributed by atoms with Gasteiger partial charge < -0.3 is 15.4 Å². The third kappa shape index (κ3) is 2.35. The third-order valence-electron chi connectivity index (χ3n) is 2.99. The average Bonchev–Trinajstić information content (AvgIpc) is 3.12. The Labute approximate surface area is 101 Å². The molecule has 4 nitrogen and oxygen atoms in total. The van der Waals surface area contributed by atoms with Gasteiger partial charge in [-0.2, -0.15) is 0 Å². The molecule has 92 valence electrons. The molecular formula is C13H18N2O2. The number of carbonyl (C=O) groups excluding carboxylic acids is 1. The number of nitrogens with zero attached hydrogens (tertiary/aromatic N) is 1. The highest BCUT2D eigenvalue weighted by molar-refractivity contribution is 6.02. The fraction of sp³-hybridized carbons (Fsp3) is 0.462. The molecule has 0 bridgehead atoms. The summed E-state index contributed by atoms with van der Waals surface area (Å²) in [5, 5.41) is 0. The third-order valence-corrected chi connectivity index (χ3v) is 2.99. The van der Waals surface area contributed by atoms with Gasteiger partial charge in [0, 0.05) is 18.8 Å². The van der Waals surface area contributed by atoms with Crippen molar-refractivity contribution in [1.29, 1.82) is 0 Å². The molecule has 1 saturated carbocycles. The summed E-state index contributed by atoms with van der Waals surface area (Å²) in [6, 6.07) is 5.69. The zero-order valence-electron chi connectivity index (χ0n) is 10.3. The fourth-order valence-electron chi connectivity index (χ4n) is 1.86. The lowest BCUT2D eigenvalue weighted by Gasteiger charge is -2.19. The van der Waals surface area contributed by atoms with Crippen molar-refractivity contribution in [2.45, 2.75) is 25.8 Å². The first-order valence-corrected chi connectivity index (χ1v) is 5.93. The van der Waals surface area contributed by atoms with E-state index in [1.807, 2.05) is 14.0 Å². The average molecular weight is 234 g/mol. The van der Waals surface area contributed by atoms with Crippen molar-refractivity contribution in [3.8, 4) is 5.75 Å². The van der Waals surface area contributed by atoms with Crippen molar-refractivity contribution < 1.29 is 9.53 Å².